The first kappa shape index (κ1) is 14.2. The van der Waals surface area contributed by atoms with Crippen molar-refractivity contribution in [3.63, 3.8) is 0 Å². The van der Waals surface area contributed by atoms with Crippen molar-refractivity contribution in [3.05, 3.63) is 53.6 Å². The van der Waals surface area contributed by atoms with Crippen LogP contribution in [0.1, 0.15) is 15.9 Å². The predicted octanol–water partition coefficient (Wildman–Crippen LogP) is 2.61. The highest BCUT2D eigenvalue weighted by Gasteiger charge is 2.16. The molecule has 2 N–H and O–H groups in total. The molecule has 2 rings (SSSR count). The normalized spacial score (nSPS) is 11.3. The van der Waals surface area contributed by atoms with E-state index in [0.29, 0.717) is 11.1 Å². The van der Waals surface area contributed by atoms with Crippen molar-refractivity contribution in [2.45, 2.75) is 11.8 Å². The monoisotopic (exact) mass is 292 g/mol. The third-order valence-corrected chi connectivity index (χ3v) is 3.77. The molecule has 0 aromatic heterocycles. The summed E-state index contributed by atoms with van der Waals surface area (Å²) in [6.45, 7) is 1.79. The second kappa shape index (κ2) is 5.07. The second-order valence-electron chi connectivity index (χ2n) is 4.36. The van der Waals surface area contributed by atoms with E-state index in [1.54, 1.807) is 19.1 Å². The second-order valence-corrected chi connectivity index (χ2v) is 5.75. The van der Waals surface area contributed by atoms with E-state index in [-0.39, 0.29) is 10.5 Å². The number of aryl methyl sites for hydroxylation is 1. The van der Waals surface area contributed by atoms with Gasteiger partial charge in [0.25, 0.3) is 10.1 Å². The third kappa shape index (κ3) is 2.87. The minimum absolute atomic E-state index is 0.106. The van der Waals surface area contributed by atoms with Gasteiger partial charge in [0, 0.05) is 5.56 Å². The van der Waals surface area contributed by atoms with Crippen LogP contribution in [0.5, 0.6) is 0 Å². The van der Waals surface area contributed by atoms with E-state index in [1.807, 2.05) is 0 Å². The molecule has 104 valence electrons. The van der Waals surface area contributed by atoms with Crippen LogP contribution in [0.2, 0.25) is 0 Å². The lowest BCUT2D eigenvalue weighted by atomic mass is 10.0. The molecule has 0 spiro atoms. The van der Waals surface area contributed by atoms with Gasteiger partial charge in [-0.25, -0.2) is 4.79 Å². The number of hydrogen-bond donors (Lipinski definition) is 2. The first-order valence-corrected chi connectivity index (χ1v) is 7.15. The minimum atomic E-state index is -4.34. The molecule has 0 aliphatic heterocycles. The summed E-state index contributed by atoms with van der Waals surface area (Å²) in [6.07, 6.45) is 0. The van der Waals surface area contributed by atoms with E-state index in [1.165, 1.54) is 30.3 Å². The van der Waals surface area contributed by atoms with Gasteiger partial charge >= 0.3 is 5.97 Å². The van der Waals surface area contributed by atoms with Crippen LogP contribution >= 0.6 is 0 Å². The van der Waals surface area contributed by atoms with Gasteiger partial charge in [-0.3, -0.25) is 4.55 Å². The molecule has 20 heavy (non-hydrogen) atoms. The Hall–Kier alpha value is -2.18. The molecule has 2 aromatic rings. The van der Waals surface area contributed by atoms with E-state index >= 15 is 0 Å². The van der Waals surface area contributed by atoms with Crippen molar-refractivity contribution >= 4 is 16.1 Å². The quantitative estimate of drug-likeness (QED) is 0.848. The highest BCUT2D eigenvalue weighted by molar-refractivity contribution is 7.86. The summed E-state index contributed by atoms with van der Waals surface area (Å²) in [6, 6.07) is 10.3. The molecule has 0 atom stereocenters. The van der Waals surface area contributed by atoms with Gasteiger partial charge in [-0.05, 0) is 30.7 Å². The van der Waals surface area contributed by atoms with Gasteiger partial charge in [-0.2, -0.15) is 8.42 Å². The fourth-order valence-electron chi connectivity index (χ4n) is 1.89. The summed E-state index contributed by atoms with van der Waals surface area (Å²) in [5.41, 5.74) is 1.79. The zero-order valence-electron chi connectivity index (χ0n) is 10.6. The molecule has 0 saturated carbocycles. The summed E-state index contributed by atoms with van der Waals surface area (Å²) in [5, 5.41) is 8.84. The van der Waals surface area contributed by atoms with Crippen molar-refractivity contribution in [2.75, 3.05) is 0 Å². The summed E-state index contributed by atoms with van der Waals surface area (Å²) in [4.78, 5) is 10.6. The molecule has 0 aliphatic rings. The smallest absolute Gasteiger partial charge is 0.335 e. The van der Waals surface area contributed by atoms with Crippen LogP contribution in [0.15, 0.2) is 47.4 Å². The minimum Gasteiger partial charge on any atom is -0.478 e. The highest BCUT2D eigenvalue weighted by Crippen LogP contribution is 2.28. The van der Waals surface area contributed by atoms with Crippen LogP contribution < -0.4 is 0 Å². The molecular formula is C14H12O5S. The summed E-state index contributed by atoms with van der Waals surface area (Å²) < 4.78 is 32.0. The Bertz CT molecular complexity index is 761. The van der Waals surface area contributed by atoms with Crippen molar-refractivity contribution in [1.82, 2.24) is 0 Å². The van der Waals surface area contributed by atoms with Crippen LogP contribution in [0.4, 0.5) is 0 Å². The van der Waals surface area contributed by atoms with Crippen LogP contribution in [0, 0.1) is 6.92 Å². The molecule has 5 nitrogen and oxygen atoms in total. The first-order chi connectivity index (χ1) is 9.29. The average molecular weight is 292 g/mol. The SMILES string of the molecule is Cc1ccc(S(=O)(=O)O)c(-c2ccc(C(=O)O)cc2)c1. The van der Waals surface area contributed by atoms with Crippen LogP contribution in [0.3, 0.4) is 0 Å². The highest BCUT2D eigenvalue weighted by atomic mass is 32.2. The Morgan fingerprint density at radius 3 is 2.15 bits per heavy atom. The zero-order valence-corrected chi connectivity index (χ0v) is 11.4. The number of hydrogen-bond acceptors (Lipinski definition) is 3. The van der Waals surface area contributed by atoms with Crippen molar-refractivity contribution in [3.8, 4) is 11.1 Å². The van der Waals surface area contributed by atoms with E-state index in [2.05, 4.69) is 0 Å². The first-order valence-electron chi connectivity index (χ1n) is 5.71. The number of carbonyl (C=O) groups is 1. The average Bonchev–Trinajstić information content (AvgIpc) is 2.37. The number of aromatic carboxylic acids is 1. The molecular weight excluding hydrogens is 280 g/mol. The van der Waals surface area contributed by atoms with Crippen LogP contribution in [-0.2, 0) is 10.1 Å². The fourth-order valence-corrected chi connectivity index (χ4v) is 2.58. The summed E-state index contributed by atoms with van der Waals surface area (Å²) in [5.74, 6) is -1.06. The number of carboxylic acid groups (broad SMARTS) is 1. The molecule has 0 aliphatic carbocycles. The van der Waals surface area contributed by atoms with E-state index in [0.717, 1.165) is 5.56 Å². The maximum absolute atomic E-state index is 11.4. The fraction of sp³-hybridized carbons (Fsp3) is 0.0714. The van der Waals surface area contributed by atoms with Crippen LogP contribution in [0.25, 0.3) is 11.1 Å². The zero-order chi connectivity index (χ0) is 14.9. The Kier molecular flexibility index (Phi) is 3.61. The van der Waals surface area contributed by atoms with Crippen molar-refractivity contribution in [2.24, 2.45) is 0 Å². The van der Waals surface area contributed by atoms with Gasteiger partial charge < -0.3 is 5.11 Å². The van der Waals surface area contributed by atoms with Gasteiger partial charge in [0.05, 0.1) is 5.56 Å². The number of rotatable bonds is 3. The predicted molar refractivity (Wildman–Crippen MR) is 73.4 cm³/mol. The molecule has 0 amide bonds. The molecule has 0 bridgehead atoms. The largest absolute Gasteiger partial charge is 0.478 e. The topological polar surface area (TPSA) is 91.7 Å². The molecule has 0 heterocycles. The van der Waals surface area contributed by atoms with Gasteiger partial charge in [-0.15, -0.1) is 0 Å². The Morgan fingerprint density at radius 2 is 1.65 bits per heavy atom. The molecule has 0 unspecified atom stereocenters. The van der Waals surface area contributed by atoms with Crippen molar-refractivity contribution in [1.29, 1.82) is 0 Å². The van der Waals surface area contributed by atoms with Gasteiger partial charge in [0.2, 0.25) is 0 Å². The molecule has 0 saturated heterocycles. The van der Waals surface area contributed by atoms with Crippen LogP contribution in [-0.4, -0.2) is 24.0 Å². The maximum atomic E-state index is 11.4. The van der Waals surface area contributed by atoms with E-state index < -0.39 is 16.1 Å². The lowest BCUT2D eigenvalue weighted by molar-refractivity contribution is 0.0697. The van der Waals surface area contributed by atoms with E-state index in [4.69, 9.17) is 5.11 Å². The van der Waals surface area contributed by atoms with Gasteiger partial charge in [0.1, 0.15) is 4.90 Å². The number of benzene rings is 2. The lowest BCUT2D eigenvalue weighted by Gasteiger charge is -2.09. The molecule has 0 fully saturated rings. The lowest BCUT2D eigenvalue weighted by Crippen LogP contribution is -2.01. The Labute approximate surface area is 116 Å². The Balaban J connectivity index is 2.62. The van der Waals surface area contributed by atoms with E-state index in [9.17, 15) is 17.8 Å². The molecule has 0 radical (unpaired) electrons. The number of carboxylic acids is 1. The standard InChI is InChI=1S/C14H12O5S/c1-9-2-7-13(20(17,18)19)12(8-9)10-3-5-11(6-4-10)14(15)16/h2-8H,1H3,(H,15,16)(H,17,18,19). The van der Waals surface area contributed by atoms with Gasteiger partial charge in [-0.1, -0.05) is 29.8 Å². The summed E-state index contributed by atoms with van der Waals surface area (Å²) >= 11 is 0. The maximum Gasteiger partial charge on any atom is 0.335 e. The Morgan fingerprint density at radius 1 is 1.05 bits per heavy atom. The molecule has 2 aromatic carbocycles. The van der Waals surface area contributed by atoms with Crippen molar-refractivity contribution < 1.29 is 22.9 Å². The summed E-state index contributed by atoms with van der Waals surface area (Å²) in [7, 11) is -4.34. The third-order valence-electron chi connectivity index (χ3n) is 2.86. The van der Waals surface area contributed by atoms with Gasteiger partial charge in [0.15, 0.2) is 0 Å². The molecule has 6 heteroatoms.